The molecule has 0 saturated heterocycles. The van der Waals surface area contributed by atoms with Gasteiger partial charge in [0, 0.05) is 6.08 Å². The fourth-order valence-electron chi connectivity index (χ4n) is 0.938. The van der Waals surface area contributed by atoms with Crippen molar-refractivity contribution in [1.29, 1.82) is 5.26 Å². The molecule has 0 radical (unpaired) electrons. The maximum Gasteiger partial charge on any atom is 0.235 e. The van der Waals surface area contributed by atoms with Gasteiger partial charge in [0.05, 0.1) is 4.92 Å². The second kappa shape index (κ2) is 5.40. The fourth-order valence-corrected chi connectivity index (χ4v) is 0.938. The van der Waals surface area contributed by atoms with Crippen LogP contribution in [0.25, 0.3) is 6.08 Å². The second-order valence-corrected chi connectivity index (χ2v) is 2.62. The zero-order valence-corrected chi connectivity index (χ0v) is 7.79. The van der Waals surface area contributed by atoms with Crippen molar-refractivity contribution < 1.29 is 9.66 Å². The first-order valence-corrected chi connectivity index (χ1v) is 4.14. The first-order valence-electron chi connectivity index (χ1n) is 4.14. The Morgan fingerprint density at radius 2 is 2.13 bits per heavy atom. The molecule has 0 heterocycles. The van der Waals surface area contributed by atoms with E-state index in [2.05, 4.69) is 0 Å². The van der Waals surface area contributed by atoms with Gasteiger partial charge in [-0.05, 0) is 17.7 Å². The minimum atomic E-state index is -0.528. The molecule has 0 aromatic heterocycles. The third kappa shape index (κ3) is 3.91. The highest BCUT2D eigenvalue weighted by Crippen LogP contribution is 2.12. The van der Waals surface area contributed by atoms with Crippen molar-refractivity contribution in [3.8, 4) is 11.8 Å². The topological polar surface area (TPSA) is 76.2 Å². The molecule has 5 nitrogen and oxygen atoms in total. The molecule has 0 fully saturated rings. The molecule has 0 aliphatic heterocycles. The van der Waals surface area contributed by atoms with Crippen LogP contribution < -0.4 is 4.74 Å². The SMILES string of the molecule is N#CCOc1ccc(/C=C/[N+](=O)[O-])cc1. The van der Waals surface area contributed by atoms with E-state index in [0.29, 0.717) is 11.3 Å². The van der Waals surface area contributed by atoms with E-state index in [0.717, 1.165) is 6.20 Å². The van der Waals surface area contributed by atoms with Crippen molar-refractivity contribution in [2.45, 2.75) is 0 Å². The Labute approximate surface area is 86.4 Å². The summed E-state index contributed by atoms with van der Waals surface area (Å²) in [5.41, 5.74) is 0.705. The summed E-state index contributed by atoms with van der Waals surface area (Å²) >= 11 is 0. The predicted molar refractivity (Wildman–Crippen MR) is 53.6 cm³/mol. The first kappa shape index (κ1) is 10.7. The number of hydrogen-bond acceptors (Lipinski definition) is 4. The molecule has 5 heteroatoms. The smallest absolute Gasteiger partial charge is 0.235 e. The molecule has 15 heavy (non-hydrogen) atoms. The lowest BCUT2D eigenvalue weighted by Crippen LogP contribution is -1.92. The minimum absolute atomic E-state index is 0.00984. The number of nitro groups is 1. The van der Waals surface area contributed by atoms with Crippen LogP contribution in [0, 0.1) is 21.4 Å². The molecule has 1 aromatic rings. The summed E-state index contributed by atoms with van der Waals surface area (Å²) in [6, 6.07) is 8.49. The zero-order chi connectivity index (χ0) is 11.1. The molecule has 0 atom stereocenters. The van der Waals surface area contributed by atoms with Gasteiger partial charge in [0.15, 0.2) is 6.61 Å². The average Bonchev–Trinajstić information content (AvgIpc) is 2.25. The van der Waals surface area contributed by atoms with Crippen LogP contribution in [-0.4, -0.2) is 11.5 Å². The van der Waals surface area contributed by atoms with E-state index in [4.69, 9.17) is 10.00 Å². The van der Waals surface area contributed by atoms with E-state index < -0.39 is 4.92 Å². The van der Waals surface area contributed by atoms with Crippen molar-refractivity contribution in [1.82, 2.24) is 0 Å². The van der Waals surface area contributed by atoms with Crippen LogP contribution in [0.4, 0.5) is 0 Å². The van der Waals surface area contributed by atoms with Gasteiger partial charge < -0.3 is 4.74 Å². The lowest BCUT2D eigenvalue weighted by molar-refractivity contribution is -0.400. The Bertz CT molecular complexity index is 404. The molecule has 0 N–H and O–H groups in total. The van der Waals surface area contributed by atoms with Crippen LogP contribution >= 0.6 is 0 Å². The minimum Gasteiger partial charge on any atom is -0.479 e. The van der Waals surface area contributed by atoms with Gasteiger partial charge in [-0.2, -0.15) is 5.26 Å². The Kier molecular flexibility index (Phi) is 3.86. The predicted octanol–water partition coefficient (Wildman–Crippen LogP) is 1.84. The van der Waals surface area contributed by atoms with Crippen LogP contribution in [0.5, 0.6) is 5.75 Å². The molecule has 0 aliphatic rings. The van der Waals surface area contributed by atoms with E-state index >= 15 is 0 Å². The van der Waals surface area contributed by atoms with E-state index in [-0.39, 0.29) is 6.61 Å². The van der Waals surface area contributed by atoms with Crippen LogP contribution in [0.3, 0.4) is 0 Å². The summed E-state index contributed by atoms with van der Waals surface area (Å²) in [5.74, 6) is 0.565. The summed E-state index contributed by atoms with van der Waals surface area (Å²) in [5, 5.41) is 18.3. The average molecular weight is 204 g/mol. The lowest BCUT2D eigenvalue weighted by Gasteiger charge is -2.00. The molecule has 0 spiro atoms. The highest BCUT2D eigenvalue weighted by Gasteiger charge is 1.93. The van der Waals surface area contributed by atoms with Crippen molar-refractivity contribution >= 4 is 6.08 Å². The quantitative estimate of drug-likeness (QED) is 0.553. The number of benzene rings is 1. The summed E-state index contributed by atoms with van der Waals surface area (Å²) in [6.45, 7) is -0.00984. The van der Waals surface area contributed by atoms with Crippen molar-refractivity contribution in [2.24, 2.45) is 0 Å². The second-order valence-electron chi connectivity index (χ2n) is 2.62. The maximum absolute atomic E-state index is 10.0. The largest absolute Gasteiger partial charge is 0.479 e. The summed E-state index contributed by atoms with van der Waals surface area (Å²) in [7, 11) is 0. The summed E-state index contributed by atoms with van der Waals surface area (Å²) in [4.78, 5) is 9.51. The molecule has 1 rings (SSSR count). The van der Waals surface area contributed by atoms with Crippen LogP contribution in [0.15, 0.2) is 30.5 Å². The number of ether oxygens (including phenoxy) is 1. The Morgan fingerprint density at radius 3 is 2.67 bits per heavy atom. The van der Waals surface area contributed by atoms with E-state index in [1.807, 2.05) is 6.07 Å². The fraction of sp³-hybridized carbons (Fsp3) is 0.100. The van der Waals surface area contributed by atoms with Gasteiger partial charge in [0.25, 0.3) is 0 Å². The molecule has 0 unspecified atom stereocenters. The van der Waals surface area contributed by atoms with Crippen molar-refractivity contribution in [2.75, 3.05) is 6.61 Å². The van der Waals surface area contributed by atoms with Gasteiger partial charge in [0.2, 0.25) is 6.20 Å². The highest BCUT2D eigenvalue weighted by atomic mass is 16.6. The molecule has 0 bridgehead atoms. The van der Waals surface area contributed by atoms with E-state index in [9.17, 15) is 10.1 Å². The zero-order valence-electron chi connectivity index (χ0n) is 7.79. The number of rotatable bonds is 4. The standard InChI is InChI=1S/C10H8N2O3/c11-6-8-15-10-3-1-9(2-4-10)5-7-12(13)14/h1-5,7H,8H2/b7-5+. The monoisotopic (exact) mass is 204 g/mol. The summed E-state index contributed by atoms with van der Waals surface area (Å²) < 4.78 is 5.02. The first-order chi connectivity index (χ1) is 7.22. The number of nitrogens with zero attached hydrogens (tertiary/aromatic N) is 2. The Hall–Kier alpha value is -2.35. The van der Waals surface area contributed by atoms with Crippen molar-refractivity contribution in [3.63, 3.8) is 0 Å². The molecule has 1 aromatic carbocycles. The van der Waals surface area contributed by atoms with Gasteiger partial charge >= 0.3 is 0 Å². The van der Waals surface area contributed by atoms with Crippen LogP contribution in [0.2, 0.25) is 0 Å². The highest BCUT2D eigenvalue weighted by molar-refractivity contribution is 5.49. The molecule has 0 saturated carbocycles. The van der Waals surface area contributed by atoms with Crippen LogP contribution in [0.1, 0.15) is 5.56 Å². The van der Waals surface area contributed by atoms with Gasteiger partial charge in [0.1, 0.15) is 11.8 Å². The Morgan fingerprint density at radius 1 is 1.47 bits per heavy atom. The third-order valence-corrected chi connectivity index (χ3v) is 1.57. The van der Waals surface area contributed by atoms with Crippen molar-refractivity contribution in [3.05, 3.63) is 46.1 Å². The van der Waals surface area contributed by atoms with E-state index in [1.165, 1.54) is 6.08 Å². The van der Waals surface area contributed by atoms with Gasteiger partial charge in [-0.3, -0.25) is 10.1 Å². The number of hydrogen-bond donors (Lipinski definition) is 0. The molecule has 76 valence electrons. The lowest BCUT2D eigenvalue weighted by atomic mass is 10.2. The third-order valence-electron chi connectivity index (χ3n) is 1.57. The van der Waals surface area contributed by atoms with Gasteiger partial charge in [-0.1, -0.05) is 12.1 Å². The van der Waals surface area contributed by atoms with E-state index in [1.54, 1.807) is 24.3 Å². The molecule has 0 amide bonds. The molecular formula is C10H8N2O3. The normalized spacial score (nSPS) is 9.80. The molecule has 0 aliphatic carbocycles. The van der Waals surface area contributed by atoms with Crippen LogP contribution in [-0.2, 0) is 0 Å². The number of nitriles is 1. The summed E-state index contributed by atoms with van der Waals surface area (Å²) in [6.07, 6.45) is 2.25. The van der Waals surface area contributed by atoms with Gasteiger partial charge in [-0.25, -0.2) is 0 Å². The Balaban J connectivity index is 2.64. The maximum atomic E-state index is 10.0. The molecular weight excluding hydrogens is 196 g/mol. The van der Waals surface area contributed by atoms with Gasteiger partial charge in [-0.15, -0.1) is 0 Å².